The molecular weight excluding hydrogens is 366 g/mol. The van der Waals surface area contributed by atoms with Gasteiger partial charge in [-0.05, 0) is 53.9 Å². The molecule has 1 heterocycles. The van der Waals surface area contributed by atoms with Crippen LogP contribution in [0.3, 0.4) is 0 Å². The average molecular weight is 390 g/mol. The highest BCUT2D eigenvalue weighted by molar-refractivity contribution is 7.16. The zero-order valence-electron chi connectivity index (χ0n) is 16.4. The minimum absolute atomic E-state index is 0.0286. The fourth-order valence-corrected chi connectivity index (χ4v) is 4.78. The van der Waals surface area contributed by atoms with E-state index in [0.29, 0.717) is 22.4 Å². The number of thiophene rings is 1. The highest BCUT2D eigenvalue weighted by Gasteiger charge is 2.25. The maximum Gasteiger partial charge on any atom is 0.266 e. The molecule has 5 heteroatoms. The smallest absolute Gasteiger partial charge is 0.266 e. The van der Waals surface area contributed by atoms with Gasteiger partial charge in [-0.15, -0.1) is 11.3 Å². The second kappa shape index (κ2) is 8.42. The van der Waals surface area contributed by atoms with Crippen LogP contribution in [0, 0.1) is 28.6 Å². The number of benzene rings is 1. The van der Waals surface area contributed by atoms with Crippen LogP contribution in [-0.2, 0) is 17.6 Å². The third-order valence-electron chi connectivity index (χ3n) is 5.13. The second-order valence-corrected chi connectivity index (χ2v) is 8.72. The van der Waals surface area contributed by atoms with E-state index in [2.05, 4.69) is 32.2 Å². The topological polar surface area (TPSA) is 76.7 Å². The number of hydrogen-bond acceptors (Lipinski definition) is 4. The summed E-state index contributed by atoms with van der Waals surface area (Å²) in [5, 5.41) is 22.4. The number of carbonyl (C=O) groups is 1. The van der Waals surface area contributed by atoms with Crippen LogP contribution in [0.15, 0.2) is 29.8 Å². The normalized spacial score (nSPS) is 16.2. The van der Waals surface area contributed by atoms with Crippen molar-refractivity contribution in [2.75, 3.05) is 5.32 Å². The fourth-order valence-electron chi connectivity index (χ4n) is 3.42. The largest absolute Gasteiger partial charge is 0.312 e. The summed E-state index contributed by atoms with van der Waals surface area (Å²) in [6.45, 7) is 6.44. The number of fused-ring (bicyclic) bond motifs is 1. The molecule has 0 aliphatic heterocycles. The summed E-state index contributed by atoms with van der Waals surface area (Å²) in [5.41, 5.74) is 3.65. The van der Waals surface area contributed by atoms with Crippen molar-refractivity contribution >= 4 is 28.3 Å². The van der Waals surface area contributed by atoms with Crippen molar-refractivity contribution < 1.29 is 4.79 Å². The van der Waals surface area contributed by atoms with Gasteiger partial charge in [-0.1, -0.05) is 45.0 Å². The van der Waals surface area contributed by atoms with Gasteiger partial charge in [0.2, 0.25) is 0 Å². The first-order chi connectivity index (χ1) is 13.4. The maximum atomic E-state index is 12.7. The van der Waals surface area contributed by atoms with E-state index in [0.717, 1.165) is 30.4 Å². The first-order valence-corrected chi connectivity index (χ1v) is 10.3. The molecule has 4 nitrogen and oxygen atoms in total. The summed E-state index contributed by atoms with van der Waals surface area (Å²) in [4.78, 5) is 13.8. The summed E-state index contributed by atoms with van der Waals surface area (Å²) < 4.78 is 0. The van der Waals surface area contributed by atoms with Crippen LogP contribution in [0.1, 0.15) is 60.2 Å². The average Bonchev–Trinajstić information content (AvgIpc) is 3.02. The van der Waals surface area contributed by atoms with Crippen LogP contribution in [0.25, 0.3) is 6.08 Å². The van der Waals surface area contributed by atoms with E-state index in [1.165, 1.54) is 21.8 Å². The molecule has 1 N–H and O–H groups in total. The van der Waals surface area contributed by atoms with Crippen molar-refractivity contribution in [2.24, 2.45) is 5.92 Å². The van der Waals surface area contributed by atoms with E-state index in [1.54, 1.807) is 6.08 Å². The standard InChI is InChI=1S/C23H23N3OS/c1-14(2)17-7-5-16(6-8-17)11-18(12-24)22(27)26-23-20(13-25)19-9-4-15(3)10-21(19)28-23/h5-8,11,14-15H,4,9-10H2,1-3H3,(H,26,27)/b18-11+. The minimum atomic E-state index is -0.474. The van der Waals surface area contributed by atoms with Crippen molar-refractivity contribution in [3.05, 3.63) is 57.0 Å². The summed E-state index contributed by atoms with van der Waals surface area (Å²) in [7, 11) is 0. The van der Waals surface area contributed by atoms with Crippen LogP contribution < -0.4 is 5.32 Å². The van der Waals surface area contributed by atoms with Gasteiger partial charge in [0.1, 0.15) is 22.7 Å². The number of nitriles is 2. The molecule has 1 atom stereocenters. The zero-order chi connectivity index (χ0) is 20.3. The van der Waals surface area contributed by atoms with Crippen molar-refractivity contribution in [2.45, 2.75) is 46.0 Å². The lowest BCUT2D eigenvalue weighted by molar-refractivity contribution is -0.112. The third kappa shape index (κ3) is 4.16. The Labute approximate surface area is 170 Å². The summed E-state index contributed by atoms with van der Waals surface area (Å²) >= 11 is 1.47. The number of nitrogens with one attached hydrogen (secondary N) is 1. The highest BCUT2D eigenvalue weighted by Crippen LogP contribution is 2.39. The predicted octanol–water partition coefficient (Wildman–Crippen LogP) is 5.41. The molecule has 1 aromatic carbocycles. The Bertz CT molecular complexity index is 1000. The molecule has 0 fully saturated rings. The fraction of sp³-hybridized carbons (Fsp3) is 0.348. The third-order valence-corrected chi connectivity index (χ3v) is 6.30. The van der Waals surface area contributed by atoms with Gasteiger partial charge in [0.15, 0.2) is 0 Å². The quantitative estimate of drug-likeness (QED) is 0.561. The van der Waals surface area contributed by atoms with Crippen LogP contribution in [0.4, 0.5) is 5.00 Å². The van der Waals surface area contributed by atoms with E-state index < -0.39 is 5.91 Å². The van der Waals surface area contributed by atoms with Crippen LogP contribution in [0.2, 0.25) is 0 Å². The lowest BCUT2D eigenvalue weighted by atomic mass is 9.88. The SMILES string of the molecule is CC1CCc2c(sc(NC(=O)/C(C#N)=C/c3ccc(C(C)C)cc3)c2C#N)C1. The molecule has 0 bridgehead atoms. The maximum absolute atomic E-state index is 12.7. The van der Waals surface area contributed by atoms with E-state index >= 15 is 0 Å². The van der Waals surface area contributed by atoms with Crippen LogP contribution in [-0.4, -0.2) is 5.91 Å². The van der Waals surface area contributed by atoms with Crippen molar-refractivity contribution in [1.82, 2.24) is 0 Å². The van der Waals surface area contributed by atoms with Gasteiger partial charge in [0, 0.05) is 4.88 Å². The van der Waals surface area contributed by atoms with Crippen LogP contribution >= 0.6 is 11.3 Å². The number of anilines is 1. The molecule has 2 aromatic rings. The Morgan fingerprint density at radius 3 is 2.61 bits per heavy atom. The van der Waals surface area contributed by atoms with Crippen molar-refractivity contribution in [1.29, 1.82) is 10.5 Å². The molecule has 0 saturated heterocycles. The van der Waals surface area contributed by atoms with Gasteiger partial charge < -0.3 is 5.32 Å². The Morgan fingerprint density at radius 2 is 2.00 bits per heavy atom. The van der Waals surface area contributed by atoms with Gasteiger partial charge in [-0.3, -0.25) is 4.79 Å². The molecule has 1 aliphatic rings. The number of rotatable bonds is 4. The molecular formula is C23H23N3OS. The molecule has 1 aliphatic carbocycles. The van der Waals surface area contributed by atoms with E-state index in [4.69, 9.17) is 0 Å². The Morgan fingerprint density at radius 1 is 1.29 bits per heavy atom. The van der Waals surface area contributed by atoms with Gasteiger partial charge >= 0.3 is 0 Å². The summed E-state index contributed by atoms with van der Waals surface area (Å²) in [6.07, 6.45) is 4.45. The number of nitrogens with zero attached hydrogens (tertiary/aromatic N) is 2. The van der Waals surface area contributed by atoms with Crippen LogP contribution in [0.5, 0.6) is 0 Å². The zero-order valence-corrected chi connectivity index (χ0v) is 17.2. The molecule has 1 unspecified atom stereocenters. The molecule has 3 rings (SSSR count). The van der Waals surface area contributed by atoms with E-state index in [-0.39, 0.29) is 5.57 Å². The van der Waals surface area contributed by atoms with Gasteiger partial charge in [-0.2, -0.15) is 10.5 Å². The highest BCUT2D eigenvalue weighted by atomic mass is 32.1. The van der Waals surface area contributed by atoms with Crippen molar-refractivity contribution in [3.63, 3.8) is 0 Å². The van der Waals surface area contributed by atoms with E-state index in [9.17, 15) is 15.3 Å². The first-order valence-electron chi connectivity index (χ1n) is 9.50. The summed E-state index contributed by atoms with van der Waals surface area (Å²) in [6, 6.07) is 12.1. The van der Waals surface area contributed by atoms with E-state index in [1.807, 2.05) is 30.3 Å². The molecule has 0 radical (unpaired) electrons. The van der Waals surface area contributed by atoms with Gasteiger partial charge in [0.05, 0.1) is 5.56 Å². The lowest BCUT2D eigenvalue weighted by Crippen LogP contribution is -2.13. The number of hydrogen-bond donors (Lipinski definition) is 1. The lowest BCUT2D eigenvalue weighted by Gasteiger charge is -2.17. The Hall–Kier alpha value is -2.89. The molecule has 1 amide bonds. The Balaban J connectivity index is 1.83. The molecule has 28 heavy (non-hydrogen) atoms. The first kappa shape index (κ1) is 19.9. The molecule has 1 aromatic heterocycles. The molecule has 0 spiro atoms. The molecule has 142 valence electrons. The predicted molar refractivity (Wildman–Crippen MR) is 113 cm³/mol. The summed E-state index contributed by atoms with van der Waals surface area (Å²) in [5.74, 6) is 0.539. The Kier molecular flexibility index (Phi) is 5.97. The second-order valence-electron chi connectivity index (χ2n) is 7.61. The number of amides is 1. The van der Waals surface area contributed by atoms with Crippen molar-refractivity contribution in [3.8, 4) is 12.1 Å². The van der Waals surface area contributed by atoms with Gasteiger partial charge in [-0.25, -0.2) is 0 Å². The monoisotopic (exact) mass is 389 g/mol. The minimum Gasteiger partial charge on any atom is -0.312 e. The van der Waals surface area contributed by atoms with Gasteiger partial charge in [0.25, 0.3) is 5.91 Å². The molecule has 0 saturated carbocycles. The number of carbonyl (C=O) groups excluding carboxylic acids is 1.